The number of nitrogens with one attached hydrogen (secondary N) is 3. The maximum Gasteiger partial charge on any atom is 0.322 e. The van der Waals surface area contributed by atoms with Gasteiger partial charge in [-0.25, -0.2) is 4.79 Å². The van der Waals surface area contributed by atoms with Crippen LogP contribution in [0.3, 0.4) is 0 Å². The van der Waals surface area contributed by atoms with Crippen LogP contribution in [0.15, 0.2) is 54.6 Å². The van der Waals surface area contributed by atoms with Gasteiger partial charge in [0.2, 0.25) is 0 Å². The molecule has 3 aromatic rings. The lowest BCUT2D eigenvalue weighted by molar-refractivity contribution is -0.155. The molecule has 198 valence electrons. The number of amides is 4. The van der Waals surface area contributed by atoms with E-state index in [0.29, 0.717) is 17.9 Å². The Hall–Kier alpha value is -4.47. The molecule has 38 heavy (non-hydrogen) atoms. The number of ether oxygens (including phenoxy) is 2. The van der Waals surface area contributed by atoms with Crippen LogP contribution >= 0.6 is 0 Å². The highest BCUT2D eigenvalue weighted by molar-refractivity contribution is 6.05. The lowest BCUT2D eigenvalue weighted by Crippen LogP contribution is -2.52. The maximum atomic E-state index is 13.0. The van der Waals surface area contributed by atoms with E-state index >= 15 is 0 Å². The average Bonchev–Trinajstić information content (AvgIpc) is 3.18. The Morgan fingerprint density at radius 3 is 2.45 bits per heavy atom. The summed E-state index contributed by atoms with van der Waals surface area (Å²) in [7, 11) is 0. The molecule has 4 rings (SSSR count). The second kappa shape index (κ2) is 10.9. The van der Waals surface area contributed by atoms with E-state index in [1.54, 1.807) is 45.0 Å². The molecule has 1 saturated heterocycles. The van der Waals surface area contributed by atoms with Crippen molar-refractivity contribution < 1.29 is 28.7 Å². The third kappa shape index (κ3) is 6.64. The molecular weight excluding hydrogens is 488 g/mol. The first-order chi connectivity index (χ1) is 18.0. The number of imide groups is 1. The van der Waals surface area contributed by atoms with Gasteiger partial charge in [0.15, 0.2) is 0 Å². The molecule has 1 aliphatic heterocycles. The number of urea groups is 1. The molecule has 0 saturated carbocycles. The molecule has 2 unspecified atom stereocenters. The Balaban J connectivity index is 1.43. The number of aryl methyl sites for hydroxylation is 1. The lowest BCUT2D eigenvalue weighted by Gasteiger charge is -2.25. The Bertz CT molecular complexity index is 1380. The Labute approximate surface area is 220 Å². The van der Waals surface area contributed by atoms with Gasteiger partial charge in [-0.05, 0) is 64.1 Å². The number of pyridine rings is 1. The number of esters is 1. The van der Waals surface area contributed by atoms with Crippen molar-refractivity contribution in [3.63, 3.8) is 0 Å². The van der Waals surface area contributed by atoms with E-state index in [9.17, 15) is 19.2 Å². The molecule has 0 aliphatic carbocycles. The first-order valence-corrected chi connectivity index (χ1v) is 12.2. The molecule has 1 fully saturated rings. The van der Waals surface area contributed by atoms with Crippen LogP contribution in [0.1, 0.15) is 48.8 Å². The molecule has 1 aliphatic rings. The highest BCUT2D eigenvalue weighted by Gasteiger charge is 2.39. The zero-order valence-electron chi connectivity index (χ0n) is 21.7. The van der Waals surface area contributed by atoms with E-state index in [1.807, 2.05) is 37.3 Å². The van der Waals surface area contributed by atoms with Gasteiger partial charge in [-0.15, -0.1) is 0 Å². The Morgan fingerprint density at radius 2 is 1.79 bits per heavy atom. The highest BCUT2D eigenvalue weighted by atomic mass is 16.6. The topological polar surface area (TPSA) is 136 Å². The first kappa shape index (κ1) is 26.6. The highest BCUT2D eigenvalue weighted by Crippen LogP contribution is 2.21. The van der Waals surface area contributed by atoms with Gasteiger partial charge in [-0.3, -0.25) is 24.7 Å². The van der Waals surface area contributed by atoms with Crippen molar-refractivity contribution in [2.45, 2.75) is 58.4 Å². The number of hydrogen-bond acceptors (Lipinski definition) is 7. The van der Waals surface area contributed by atoms with Gasteiger partial charge in [-0.1, -0.05) is 18.2 Å². The van der Waals surface area contributed by atoms with Gasteiger partial charge in [0.25, 0.3) is 11.8 Å². The Morgan fingerprint density at radius 1 is 1.08 bits per heavy atom. The van der Waals surface area contributed by atoms with E-state index in [1.165, 1.54) is 0 Å². The van der Waals surface area contributed by atoms with Crippen LogP contribution in [-0.4, -0.2) is 46.5 Å². The van der Waals surface area contributed by atoms with Crippen molar-refractivity contribution in [1.29, 1.82) is 0 Å². The summed E-state index contributed by atoms with van der Waals surface area (Å²) < 4.78 is 11.3. The number of aromatic nitrogens is 1. The van der Waals surface area contributed by atoms with Gasteiger partial charge in [-0.2, -0.15) is 0 Å². The monoisotopic (exact) mass is 518 g/mol. The van der Waals surface area contributed by atoms with Crippen LogP contribution in [0.25, 0.3) is 10.9 Å². The summed E-state index contributed by atoms with van der Waals surface area (Å²) in [6.45, 7) is 7.39. The molecule has 1 aromatic heterocycles. The van der Waals surface area contributed by atoms with E-state index < -0.39 is 41.5 Å². The number of rotatable bonds is 8. The van der Waals surface area contributed by atoms with E-state index in [4.69, 9.17) is 9.47 Å². The van der Waals surface area contributed by atoms with Crippen molar-refractivity contribution in [3.8, 4) is 5.75 Å². The molecule has 0 bridgehead atoms. The van der Waals surface area contributed by atoms with Gasteiger partial charge < -0.3 is 20.1 Å². The lowest BCUT2D eigenvalue weighted by atomic mass is 10.0. The largest absolute Gasteiger partial charge is 0.489 e. The summed E-state index contributed by atoms with van der Waals surface area (Å²) in [6, 6.07) is 13.5. The third-order valence-electron chi connectivity index (χ3n) is 5.77. The number of carbonyl (C=O) groups is 4. The molecule has 2 atom stereocenters. The normalized spacial score (nSPS) is 15.9. The van der Waals surface area contributed by atoms with E-state index in [2.05, 4.69) is 20.9 Å². The first-order valence-electron chi connectivity index (χ1n) is 12.2. The zero-order chi connectivity index (χ0) is 27.4. The van der Waals surface area contributed by atoms with Crippen molar-refractivity contribution >= 4 is 34.7 Å². The van der Waals surface area contributed by atoms with Crippen LogP contribution in [-0.2, 0) is 20.9 Å². The standard InChI is InChI=1S/C28H30N4O6/c1-16-13-18(20-7-5-6-8-21(20)29-16)15-37-19-11-9-17(10-12-19)25(34)30-22(14-23(33)38-28(2,3)4)24-26(35)32-27(36)31-24/h5-13,22,24H,14-15H2,1-4H3,(H,30,34)(H2,31,32,35,36). The molecule has 0 spiro atoms. The summed E-state index contributed by atoms with van der Waals surface area (Å²) >= 11 is 0. The van der Waals surface area contributed by atoms with Gasteiger partial charge in [0.1, 0.15) is 24.0 Å². The smallest absolute Gasteiger partial charge is 0.322 e. The minimum absolute atomic E-state index is 0.293. The predicted octanol–water partition coefficient (Wildman–Crippen LogP) is 3.16. The molecule has 2 heterocycles. The molecule has 3 N–H and O–H groups in total. The summed E-state index contributed by atoms with van der Waals surface area (Å²) in [5, 5.41) is 8.25. The van der Waals surface area contributed by atoms with Crippen LogP contribution in [0.2, 0.25) is 0 Å². The van der Waals surface area contributed by atoms with Crippen LogP contribution in [0.5, 0.6) is 5.75 Å². The fourth-order valence-corrected chi connectivity index (χ4v) is 4.16. The molecule has 0 radical (unpaired) electrons. The van der Waals surface area contributed by atoms with Crippen molar-refractivity contribution in [2.24, 2.45) is 0 Å². The molecular formula is C28H30N4O6. The fraction of sp³-hybridized carbons (Fsp3) is 0.321. The summed E-state index contributed by atoms with van der Waals surface area (Å²) in [4.78, 5) is 53.8. The predicted molar refractivity (Wildman–Crippen MR) is 139 cm³/mol. The molecule has 2 aromatic carbocycles. The zero-order valence-corrected chi connectivity index (χ0v) is 21.7. The van der Waals surface area contributed by atoms with Crippen LogP contribution in [0, 0.1) is 6.92 Å². The van der Waals surface area contributed by atoms with Gasteiger partial charge in [0, 0.05) is 22.2 Å². The maximum absolute atomic E-state index is 13.0. The summed E-state index contributed by atoms with van der Waals surface area (Å²) in [5.74, 6) is -1.20. The number of nitrogens with zero attached hydrogens (tertiary/aromatic N) is 1. The SMILES string of the molecule is Cc1cc(COc2ccc(C(=O)NC(CC(=O)OC(C)(C)C)C3NC(=O)NC3=O)cc2)c2ccccc2n1. The van der Waals surface area contributed by atoms with Crippen LogP contribution in [0.4, 0.5) is 4.79 Å². The molecule has 10 heteroatoms. The van der Waals surface area contributed by atoms with Gasteiger partial charge >= 0.3 is 12.0 Å². The number of benzene rings is 2. The number of fused-ring (bicyclic) bond motifs is 1. The number of para-hydroxylation sites is 1. The molecule has 10 nitrogen and oxygen atoms in total. The van der Waals surface area contributed by atoms with Gasteiger partial charge in [0.05, 0.1) is 18.0 Å². The fourth-order valence-electron chi connectivity index (χ4n) is 4.16. The second-order valence-corrected chi connectivity index (χ2v) is 10.1. The van der Waals surface area contributed by atoms with Crippen molar-refractivity contribution in [1.82, 2.24) is 20.9 Å². The third-order valence-corrected chi connectivity index (χ3v) is 5.77. The van der Waals surface area contributed by atoms with Crippen LogP contribution < -0.4 is 20.7 Å². The average molecular weight is 519 g/mol. The summed E-state index contributed by atoms with van der Waals surface area (Å²) in [6.07, 6.45) is -0.304. The van der Waals surface area contributed by atoms with E-state index in [-0.39, 0.29) is 6.42 Å². The number of carbonyl (C=O) groups excluding carboxylic acids is 4. The minimum atomic E-state index is -1.11. The van der Waals surface area contributed by atoms with Crippen molar-refractivity contribution in [2.75, 3.05) is 0 Å². The van der Waals surface area contributed by atoms with Crippen molar-refractivity contribution in [3.05, 3.63) is 71.4 Å². The minimum Gasteiger partial charge on any atom is -0.489 e. The Kier molecular flexibility index (Phi) is 7.61. The molecule has 4 amide bonds. The second-order valence-electron chi connectivity index (χ2n) is 10.1. The summed E-state index contributed by atoms with van der Waals surface area (Å²) in [5.41, 5.74) is 2.33. The van der Waals surface area contributed by atoms with E-state index in [0.717, 1.165) is 22.2 Å². The number of hydrogen-bond donors (Lipinski definition) is 3. The quantitative estimate of drug-likeness (QED) is 0.308.